The summed E-state index contributed by atoms with van der Waals surface area (Å²) < 4.78 is 7.52. The number of nitrogens with zero attached hydrogens (tertiary/aromatic N) is 5. The molecular formula is C20H20N6O2S. The summed E-state index contributed by atoms with van der Waals surface area (Å²) in [5.41, 5.74) is 2.97. The Morgan fingerprint density at radius 3 is 2.59 bits per heavy atom. The number of imidazole rings is 1. The molecule has 2 aliphatic heterocycles. The van der Waals surface area contributed by atoms with Gasteiger partial charge in [-0.15, -0.1) is 10.2 Å². The first kappa shape index (κ1) is 18.1. The van der Waals surface area contributed by atoms with Gasteiger partial charge in [-0.1, -0.05) is 23.9 Å². The van der Waals surface area contributed by atoms with Gasteiger partial charge in [-0.3, -0.25) is 4.79 Å². The van der Waals surface area contributed by atoms with Gasteiger partial charge in [-0.25, -0.2) is 4.98 Å². The quantitative estimate of drug-likeness (QED) is 0.710. The highest BCUT2D eigenvalue weighted by molar-refractivity contribution is 7.99. The third-order valence-corrected chi connectivity index (χ3v) is 5.93. The number of carbonyl (C=O) groups excluding carboxylic acids is 1. The molecule has 0 spiro atoms. The van der Waals surface area contributed by atoms with E-state index >= 15 is 0 Å². The van der Waals surface area contributed by atoms with Crippen molar-refractivity contribution in [3.05, 3.63) is 48.3 Å². The lowest BCUT2D eigenvalue weighted by Gasteiger charge is -2.27. The molecule has 0 atom stereocenters. The highest BCUT2D eigenvalue weighted by Crippen LogP contribution is 2.29. The highest BCUT2D eigenvalue weighted by Gasteiger charge is 2.16. The number of morpholine rings is 1. The second-order valence-corrected chi connectivity index (χ2v) is 7.92. The topological polar surface area (TPSA) is 85.2 Å². The standard InChI is InChI=1S/C20H20N6O2S/c27-19(16-5-6-18(24-23-16)25-7-10-28-11-8-25)21-15-3-1-14(2-4-15)17-13-26-9-12-29-20(26)22-17/h1-6,13H,7-12H2,(H,21,27). The smallest absolute Gasteiger partial charge is 0.276 e. The Labute approximate surface area is 172 Å². The Bertz CT molecular complexity index is 991. The third kappa shape index (κ3) is 3.83. The first-order valence-electron chi connectivity index (χ1n) is 9.54. The van der Waals surface area contributed by atoms with Crippen molar-refractivity contribution in [1.29, 1.82) is 0 Å². The van der Waals surface area contributed by atoms with Crippen LogP contribution in [0.1, 0.15) is 10.5 Å². The number of ether oxygens (including phenoxy) is 1. The lowest BCUT2D eigenvalue weighted by Crippen LogP contribution is -2.37. The molecule has 5 rings (SSSR count). The van der Waals surface area contributed by atoms with Gasteiger partial charge in [0.15, 0.2) is 16.7 Å². The van der Waals surface area contributed by atoms with E-state index in [4.69, 9.17) is 4.74 Å². The Balaban J connectivity index is 1.24. The van der Waals surface area contributed by atoms with E-state index in [0.29, 0.717) is 18.9 Å². The van der Waals surface area contributed by atoms with Crippen molar-refractivity contribution < 1.29 is 9.53 Å². The SMILES string of the molecule is O=C(Nc1ccc(-c2cn3c(n2)SCC3)cc1)c1ccc(N2CCOCC2)nn1. The molecule has 0 bridgehead atoms. The molecule has 3 aromatic rings. The number of amides is 1. The molecule has 2 aromatic heterocycles. The first-order valence-corrected chi connectivity index (χ1v) is 10.5. The number of aryl methyl sites for hydroxylation is 1. The molecule has 9 heteroatoms. The van der Waals surface area contributed by atoms with Gasteiger partial charge < -0.3 is 19.5 Å². The lowest BCUT2D eigenvalue weighted by molar-refractivity contribution is 0.102. The summed E-state index contributed by atoms with van der Waals surface area (Å²) >= 11 is 1.78. The number of carbonyl (C=O) groups is 1. The van der Waals surface area contributed by atoms with E-state index in [9.17, 15) is 4.79 Å². The number of anilines is 2. The molecule has 29 heavy (non-hydrogen) atoms. The predicted octanol–water partition coefficient (Wildman–Crippen LogP) is 2.53. The number of benzene rings is 1. The molecule has 1 fully saturated rings. The van der Waals surface area contributed by atoms with E-state index < -0.39 is 0 Å². The second kappa shape index (κ2) is 7.84. The number of nitrogens with one attached hydrogen (secondary N) is 1. The zero-order valence-corrected chi connectivity index (χ0v) is 16.6. The minimum absolute atomic E-state index is 0.281. The van der Waals surface area contributed by atoms with E-state index in [-0.39, 0.29) is 11.6 Å². The fraction of sp³-hybridized carbons (Fsp3) is 0.300. The predicted molar refractivity (Wildman–Crippen MR) is 111 cm³/mol. The number of aromatic nitrogens is 4. The third-order valence-electron chi connectivity index (χ3n) is 4.96. The van der Waals surface area contributed by atoms with Gasteiger partial charge in [0.2, 0.25) is 0 Å². The van der Waals surface area contributed by atoms with Crippen molar-refractivity contribution in [1.82, 2.24) is 19.7 Å². The molecule has 1 N–H and O–H groups in total. The Morgan fingerprint density at radius 1 is 1.03 bits per heavy atom. The summed E-state index contributed by atoms with van der Waals surface area (Å²) in [5, 5.41) is 12.2. The molecular weight excluding hydrogens is 388 g/mol. The normalized spacial score (nSPS) is 15.9. The van der Waals surface area contributed by atoms with Gasteiger partial charge >= 0.3 is 0 Å². The van der Waals surface area contributed by atoms with Crippen molar-refractivity contribution in [2.45, 2.75) is 11.7 Å². The molecule has 0 unspecified atom stereocenters. The van der Waals surface area contributed by atoms with E-state index in [1.807, 2.05) is 30.3 Å². The maximum absolute atomic E-state index is 12.5. The first-order chi connectivity index (χ1) is 14.3. The number of hydrogen-bond acceptors (Lipinski definition) is 7. The highest BCUT2D eigenvalue weighted by atomic mass is 32.2. The van der Waals surface area contributed by atoms with Crippen LogP contribution in [0.5, 0.6) is 0 Å². The van der Waals surface area contributed by atoms with Crippen LogP contribution >= 0.6 is 11.8 Å². The summed E-state index contributed by atoms with van der Waals surface area (Å²) in [7, 11) is 0. The summed E-state index contributed by atoms with van der Waals surface area (Å²) in [4.78, 5) is 19.2. The van der Waals surface area contributed by atoms with Crippen LogP contribution in [0.2, 0.25) is 0 Å². The Morgan fingerprint density at radius 2 is 1.86 bits per heavy atom. The van der Waals surface area contributed by atoms with Crippen molar-refractivity contribution in [3.8, 4) is 11.3 Å². The average Bonchev–Trinajstić information content (AvgIpc) is 3.38. The van der Waals surface area contributed by atoms with Gasteiger partial charge in [-0.2, -0.15) is 0 Å². The molecule has 0 saturated carbocycles. The number of hydrogen-bond donors (Lipinski definition) is 1. The van der Waals surface area contributed by atoms with Gasteiger partial charge in [0.1, 0.15) is 0 Å². The zero-order valence-electron chi connectivity index (χ0n) is 15.7. The average molecular weight is 408 g/mol. The molecule has 1 aromatic carbocycles. The van der Waals surface area contributed by atoms with Gasteiger partial charge in [0.25, 0.3) is 5.91 Å². The minimum Gasteiger partial charge on any atom is -0.378 e. The van der Waals surface area contributed by atoms with Gasteiger partial charge in [-0.05, 0) is 24.3 Å². The van der Waals surface area contributed by atoms with Crippen LogP contribution in [0.3, 0.4) is 0 Å². The summed E-state index contributed by atoms with van der Waals surface area (Å²) in [6, 6.07) is 11.2. The maximum Gasteiger partial charge on any atom is 0.276 e. The van der Waals surface area contributed by atoms with Crippen molar-refractivity contribution in [3.63, 3.8) is 0 Å². The van der Waals surface area contributed by atoms with E-state index in [0.717, 1.165) is 47.6 Å². The van der Waals surface area contributed by atoms with Gasteiger partial charge in [0, 0.05) is 42.8 Å². The van der Waals surface area contributed by atoms with E-state index in [2.05, 4.69) is 36.2 Å². The fourth-order valence-corrected chi connectivity index (χ4v) is 4.32. The fourth-order valence-electron chi connectivity index (χ4n) is 3.38. The Kier molecular flexibility index (Phi) is 4.91. The summed E-state index contributed by atoms with van der Waals surface area (Å²) in [5.74, 6) is 1.57. The molecule has 1 amide bonds. The minimum atomic E-state index is -0.281. The molecule has 0 radical (unpaired) electrons. The van der Waals surface area contributed by atoms with Crippen LogP contribution in [0.4, 0.5) is 11.5 Å². The van der Waals surface area contributed by atoms with Crippen LogP contribution < -0.4 is 10.2 Å². The zero-order chi connectivity index (χ0) is 19.6. The number of thioether (sulfide) groups is 1. The van der Waals surface area contributed by atoms with Crippen LogP contribution in [-0.2, 0) is 11.3 Å². The molecule has 148 valence electrons. The molecule has 8 nitrogen and oxygen atoms in total. The van der Waals surface area contributed by atoms with E-state index in [1.54, 1.807) is 17.8 Å². The molecule has 2 aliphatic rings. The van der Waals surface area contributed by atoms with Crippen LogP contribution in [0.15, 0.2) is 47.8 Å². The van der Waals surface area contributed by atoms with E-state index in [1.165, 1.54) is 0 Å². The summed E-state index contributed by atoms with van der Waals surface area (Å²) in [6.07, 6.45) is 2.08. The maximum atomic E-state index is 12.5. The molecule has 4 heterocycles. The Hall–Kier alpha value is -2.91. The summed E-state index contributed by atoms with van der Waals surface area (Å²) in [6.45, 7) is 3.93. The van der Waals surface area contributed by atoms with Crippen molar-refractivity contribution >= 4 is 29.2 Å². The molecule has 1 saturated heterocycles. The van der Waals surface area contributed by atoms with Crippen LogP contribution in [0, 0.1) is 0 Å². The van der Waals surface area contributed by atoms with Gasteiger partial charge in [0.05, 0.1) is 18.9 Å². The van der Waals surface area contributed by atoms with Crippen molar-refractivity contribution in [2.24, 2.45) is 0 Å². The monoisotopic (exact) mass is 408 g/mol. The van der Waals surface area contributed by atoms with Crippen LogP contribution in [-0.4, -0.2) is 57.7 Å². The second-order valence-electron chi connectivity index (χ2n) is 6.86. The van der Waals surface area contributed by atoms with Crippen molar-refractivity contribution in [2.75, 3.05) is 42.3 Å². The number of rotatable bonds is 4. The lowest BCUT2D eigenvalue weighted by atomic mass is 10.1. The molecule has 0 aliphatic carbocycles. The van der Waals surface area contributed by atoms with Crippen LogP contribution in [0.25, 0.3) is 11.3 Å². The number of fused-ring (bicyclic) bond motifs is 1. The largest absolute Gasteiger partial charge is 0.378 e.